The van der Waals surface area contributed by atoms with Crippen molar-refractivity contribution in [1.29, 1.82) is 0 Å². The van der Waals surface area contributed by atoms with Crippen molar-refractivity contribution in [2.75, 3.05) is 24.5 Å². The molecule has 1 fully saturated rings. The zero-order valence-electron chi connectivity index (χ0n) is 18.1. The van der Waals surface area contributed by atoms with E-state index in [0.29, 0.717) is 42.7 Å². The highest BCUT2D eigenvalue weighted by Gasteiger charge is 2.29. The summed E-state index contributed by atoms with van der Waals surface area (Å²) in [5, 5.41) is 0. The van der Waals surface area contributed by atoms with Crippen LogP contribution in [-0.2, 0) is 13.0 Å². The van der Waals surface area contributed by atoms with E-state index in [2.05, 4.69) is 4.90 Å². The number of carbonyl (C=O) groups is 1. The van der Waals surface area contributed by atoms with Crippen LogP contribution in [0.3, 0.4) is 0 Å². The average molecular weight is 432 g/mol. The molecule has 3 aromatic rings. The number of halogens is 1. The van der Waals surface area contributed by atoms with E-state index in [1.807, 2.05) is 31.2 Å². The van der Waals surface area contributed by atoms with Crippen LogP contribution < -0.4 is 9.64 Å². The van der Waals surface area contributed by atoms with Crippen molar-refractivity contribution in [2.24, 2.45) is 0 Å². The molecule has 3 heterocycles. The predicted molar refractivity (Wildman–Crippen MR) is 120 cm³/mol. The average Bonchev–Trinajstić information content (AvgIpc) is 3.35. The molecule has 6 nitrogen and oxygen atoms in total. The van der Waals surface area contributed by atoms with Gasteiger partial charge in [0.1, 0.15) is 11.6 Å². The van der Waals surface area contributed by atoms with Crippen LogP contribution in [0, 0.1) is 12.7 Å². The van der Waals surface area contributed by atoms with Gasteiger partial charge in [-0.25, -0.2) is 9.37 Å². The van der Waals surface area contributed by atoms with Gasteiger partial charge in [-0.1, -0.05) is 23.8 Å². The minimum absolute atomic E-state index is 0.208. The van der Waals surface area contributed by atoms with Gasteiger partial charge in [0.05, 0.1) is 17.8 Å². The first-order valence-corrected chi connectivity index (χ1v) is 11.0. The topological polar surface area (TPSA) is 58.6 Å². The van der Waals surface area contributed by atoms with E-state index in [1.54, 1.807) is 17.0 Å². The Kier molecular flexibility index (Phi) is 5.47. The summed E-state index contributed by atoms with van der Waals surface area (Å²) in [6, 6.07) is 13.6. The number of fused-ring (bicyclic) bond motifs is 1. The van der Waals surface area contributed by atoms with Gasteiger partial charge < -0.3 is 14.5 Å². The van der Waals surface area contributed by atoms with Crippen LogP contribution >= 0.6 is 0 Å². The molecule has 7 heteroatoms. The maximum Gasteiger partial charge on any atom is 0.254 e. The second kappa shape index (κ2) is 8.57. The molecule has 0 aliphatic carbocycles. The predicted octanol–water partition coefficient (Wildman–Crippen LogP) is 4.52. The number of carbonyl (C=O) groups excluding carboxylic acids is 1. The Balaban J connectivity index is 1.48. The number of nitrogens with zero attached hydrogens (tertiary/aromatic N) is 4. The number of ether oxygens (including phenoxy) is 1. The van der Waals surface area contributed by atoms with Crippen molar-refractivity contribution in [1.82, 2.24) is 14.9 Å². The fourth-order valence-corrected chi connectivity index (χ4v) is 4.21. The minimum Gasteiger partial charge on any atom is -0.438 e. The SMILES string of the molecule is Cc1ccc(Oc2nc(N3CCCC3)nc3c2CN(C(=O)c2cccc(F)c2)CC3)cc1. The number of hydrogen-bond acceptors (Lipinski definition) is 5. The summed E-state index contributed by atoms with van der Waals surface area (Å²) in [4.78, 5) is 26.5. The number of rotatable bonds is 4. The fourth-order valence-electron chi connectivity index (χ4n) is 4.21. The monoisotopic (exact) mass is 432 g/mol. The quantitative estimate of drug-likeness (QED) is 0.607. The fraction of sp³-hybridized carbons (Fsp3) is 0.320. The number of amides is 1. The van der Waals surface area contributed by atoms with Crippen LogP contribution in [0.25, 0.3) is 0 Å². The van der Waals surface area contributed by atoms with Gasteiger partial charge >= 0.3 is 0 Å². The lowest BCUT2D eigenvalue weighted by atomic mass is 10.0. The summed E-state index contributed by atoms with van der Waals surface area (Å²) in [6.45, 7) is 4.74. The van der Waals surface area contributed by atoms with Gasteiger partial charge in [0, 0.05) is 31.6 Å². The highest BCUT2D eigenvalue weighted by Crippen LogP contribution is 2.32. The van der Waals surface area contributed by atoms with E-state index in [4.69, 9.17) is 14.7 Å². The Bertz CT molecular complexity index is 1140. The van der Waals surface area contributed by atoms with Gasteiger partial charge in [-0.15, -0.1) is 0 Å². The van der Waals surface area contributed by atoms with Gasteiger partial charge in [0.15, 0.2) is 0 Å². The van der Waals surface area contributed by atoms with Gasteiger partial charge in [-0.3, -0.25) is 4.79 Å². The highest BCUT2D eigenvalue weighted by molar-refractivity contribution is 5.94. The molecule has 0 radical (unpaired) electrons. The number of benzene rings is 2. The Morgan fingerprint density at radius 1 is 1.03 bits per heavy atom. The summed E-state index contributed by atoms with van der Waals surface area (Å²) in [6.07, 6.45) is 2.86. The molecule has 2 aromatic carbocycles. The van der Waals surface area contributed by atoms with Crippen LogP contribution in [0.5, 0.6) is 11.6 Å². The summed E-state index contributed by atoms with van der Waals surface area (Å²) in [7, 11) is 0. The van der Waals surface area contributed by atoms with Crippen molar-refractivity contribution in [3.05, 3.63) is 76.7 Å². The lowest BCUT2D eigenvalue weighted by Crippen LogP contribution is -2.37. The lowest BCUT2D eigenvalue weighted by Gasteiger charge is -2.30. The van der Waals surface area contributed by atoms with Crippen molar-refractivity contribution >= 4 is 11.9 Å². The van der Waals surface area contributed by atoms with Crippen LogP contribution in [0.4, 0.5) is 10.3 Å². The van der Waals surface area contributed by atoms with E-state index in [-0.39, 0.29) is 5.91 Å². The Hall–Kier alpha value is -3.48. The molecule has 0 bridgehead atoms. The highest BCUT2D eigenvalue weighted by atomic mass is 19.1. The van der Waals surface area contributed by atoms with E-state index >= 15 is 0 Å². The molecule has 1 aromatic heterocycles. The molecule has 2 aliphatic heterocycles. The summed E-state index contributed by atoms with van der Waals surface area (Å²) >= 11 is 0. The molecule has 1 saturated heterocycles. The van der Waals surface area contributed by atoms with Gasteiger partial charge in [0.2, 0.25) is 11.8 Å². The molecule has 0 atom stereocenters. The first-order valence-electron chi connectivity index (χ1n) is 11.0. The molecule has 164 valence electrons. The minimum atomic E-state index is -0.421. The van der Waals surface area contributed by atoms with E-state index < -0.39 is 5.82 Å². The molecular weight excluding hydrogens is 407 g/mol. The van der Waals surface area contributed by atoms with Crippen LogP contribution in [-0.4, -0.2) is 40.4 Å². The van der Waals surface area contributed by atoms with Gasteiger partial charge in [-0.05, 0) is 50.1 Å². The normalized spacial score (nSPS) is 15.6. The first kappa shape index (κ1) is 20.4. The zero-order valence-corrected chi connectivity index (χ0v) is 18.1. The van der Waals surface area contributed by atoms with E-state index in [0.717, 1.165) is 42.8 Å². The third-order valence-corrected chi connectivity index (χ3v) is 5.99. The first-order chi connectivity index (χ1) is 15.6. The molecular formula is C25H25FN4O2. The molecule has 0 unspecified atom stereocenters. The zero-order chi connectivity index (χ0) is 22.1. The molecule has 0 saturated carbocycles. The third kappa shape index (κ3) is 4.15. The van der Waals surface area contributed by atoms with Crippen molar-refractivity contribution in [3.8, 4) is 11.6 Å². The maximum atomic E-state index is 13.6. The summed E-state index contributed by atoms with van der Waals surface area (Å²) in [5.41, 5.74) is 3.20. The molecule has 5 rings (SSSR count). The molecule has 32 heavy (non-hydrogen) atoms. The van der Waals surface area contributed by atoms with Crippen LogP contribution in [0.2, 0.25) is 0 Å². The Labute approximate surface area is 186 Å². The van der Waals surface area contributed by atoms with Crippen LogP contribution in [0.15, 0.2) is 48.5 Å². The Morgan fingerprint density at radius 2 is 1.81 bits per heavy atom. The second-order valence-electron chi connectivity index (χ2n) is 8.35. The molecule has 2 aliphatic rings. The number of anilines is 1. The van der Waals surface area contributed by atoms with E-state index in [1.165, 1.54) is 12.1 Å². The number of hydrogen-bond donors (Lipinski definition) is 0. The number of aromatic nitrogens is 2. The van der Waals surface area contributed by atoms with Gasteiger partial charge in [-0.2, -0.15) is 4.98 Å². The number of aryl methyl sites for hydroxylation is 1. The van der Waals surface area contributed by atoms with Gasteiger partial charge in [0.25, 0.3) is 5.91 Å². The van der Waals surface area contributed by atoms with Crippen LogP contribution in [0.1, 0.15) is 40.0 Å². The van der Waals surface area contributed by atoms with Crippen molar-refractivity contribution in [2.45, 2.75) is 32.7 Å². The van der Waals surface area contributed by atoms with Crippen molar-refractivity contribution < 1.29 is 13.9 Å². The maximum absolute atomic E-state index is 13.6. The molecule has 0 N–H and O–H groups in total. The summed E-state index contributed by atoms with van der Waals surface area (Å²) in [5.74, 6) is 1.23. The Morgan fingerprint density at radius 3 is 2.56 bits per heavy atom. The second-order valence-corrected chi connectivity index (χ2v) is 8.35. The third-order valence-electron chi connectivity index (χ3n) is 5.99. The van der Waals surface area contributed by atoms with E-state index in [9.17, 15) is 9.18 Å². The summed E-state index contributed by atoms with van der Waals surface area (Å²) < 4.78 is 19.9. The molecule has 1 amide bonds. The lowest BCUT2D eigenvalue weighted by molar-refractivity contribution is 0.0731. The smallest absolute Gasteiger partial charge is 0.254 e. The molecule has 0 spiro atoms. The van der Waals surface area contributed by atoms with Crippen molar-refractivity contribution in [3.63, 3.8) is 0 Å². The largest absolute Gasteiger partial charge is 0.438 e. The standard InChI is InChI=1S/C25H25FN4O2/c1-17-7-9-20(10-8-17)32-23-21-16-30(24(31)18-5-4-6-19(26)15-18)14-11-22(21)27-25(28-23)29-12-2-3-13-29/h4-10,15H,2-3,11-14,16H2,1H3.